The molecule has 0 atom stereocenters. The summed E-state index contributed by atoms with van der Waals surface area (Å²) in [4.78, 5) is 7.57. The molecule has 0 spiro atoms. The van der Waals surface area contributed by atoms with Crippen molar-refractivity contribution in [2.45, 2.75) is 6.42 Å². The van der Waals surface area contributed by atoms with Crippen LogP contribution in [-0.2, 0) is 6.42 Å². The predicted molar refractivity (Wildman–Crippen MR) is 83.1 cm³/mol. The Balaban J connectivity index is 2.06. The third-order valence-electron chi connectivity index (χ3n) is 4.02. The number of nitrogens with zero attached hydrogens (tertiary/aromatic N) is 2. The van der Waals surface area contributed by atoms with Crippen molar-refractivity contribution in [3.8, 4) is 34.3 Å². The van der Waals surface area contributed by atoms with Crippen molar-refractivity contribution in [3.05, 3.63) is 53.2 Å². The molecule has 106 valence electrons. The second kappa shape index (κ2) is 4.37. The number of aromatic hydroxyl groups is 1. The first-order chi connectivity index (χ1) is 10.7. The number of fused-ring (bicyclic) bond motifs is 3. The summed E-state index contributed by atoms with van der Waals surface area (Å²) in [5.41, 5.74) is 11.7. The summed E-state index contributed by atoms with van der Waals surface area (Å²) >= 11 is 0. The van der Waals surface area contributed by atoms with E-state index in [4.69, 9.17) is 5.73 Å². The molecule has 2 heterocycles. The number of rotatable bonds is 1. The first-order valence-corrected chi connectivity index (χ1v) is 6.87. The van der Waals surface area contributed by atoms with E-state index in [-0.39, 0.29) is 11.6 Å². The maximum absolute atomic E-state index is 9.68. The number of phenols is 1. The molecule has 0 saturated carbocycles. The first-order valence-electron chi connectivity index (χ1n) is 6.87. The summed E-state index contributed by atoms with van der Waals surface area (Å²) in [5, 5.41) is 19.1. The van der Waals surface area contributed by atoms with Gasteiger partial charge in [-0.2, -0.15) is 5.26 Å². The maximum atomic E-state index is 9.68. The molecule has 2 aromatic heterocycles. The highest BCUT2D eigenvalue weighted by Gasteiger charge is 2.27. The molecule has 0 aliphatic heterocycles. The smallest absolute Gasteiger partial charge is 0.142 e. The van der Waals surface area contributed by atoms with E-state index < -0.39 is 0 Å². The van der Waals surface area contributed by atoms with Crippen molar-refractivity contribution in [2.75, 3.05) is 5.73 Å². The first kappa shape index (κ1) is 12.5. The van der Waals surface area contributed by atoms with Gasteiger partial charge in [0.05, 0.1) is 5.69 Å². The van der Waals surface area contributed by atoms with E-state index in [9.17, 15) is 10.4 Å². The van der Waals surface area contributed by atoms with Gasteiger partial charge in [-0.15, -0.1) is 0 Å². The van der Waals surface area contributed by atoms with Crippen LogP contribution in [0.5, 0.6) is 5.75 Å². The average Bonchev–Trinajstić information content (AvgIpc) is 3.13. The van der Waals surface area contributed by atoms with E-state index in [1.54, 1.807) is 12.1 Å². The third-order valence-corrected chi connectivity index (χ3v) is 4.02. The number of phenolic OH excluding ortho intramolecular Hbond substituents is 1. The van der Waals surface area contributed by atoms with Crippen molar-refractivity contribution in [2.24, 2.45) is 0 Å². The van der Waals surface area contributed by atoms with Crippen LogP contribution in [0, 0.1) is 11.3 Å². The largest absolute Gasteiger partial charge is 0.508 e. The Bertz CT molecular complexity index is 936. The molecule has 4 N–H and O–H groups in total. The van der Waals surface area contributed by atoms with E-state index in [2.05, 4.69) is 16.0 Å². The molecule has 1 aliphatic carbocycles. The van der Waals surface area contributed by atoms with E-state index in [0.29, 0.717) is 12.0 Å². The molecule has 1 aliphatic rings. The summed E-state index contributed by atoms with van der Waals surface area (Å²) < 4.78 is 0. The Morgan fingerprint density at radius 2 is 2.18 bits per heavy atom. The van der Waals surface area contributed by atoms with Gasteiger partial charge >= 0.3 is 0 Å². The van der Waals surface area contributed by atoms with Gasteiger partial charge in [-0.05, 0) is 41.5 Å². The van der Waals surface area contributed by atoms with E-state index in [0.717, 1.165) is 33.6 Å². The topological polar surface area (TPSA) is 98.7 Å². The van der Waals surface area contributed by atoms with Crippen molar-refractivity contribution in [3.63, 3.8) is 0 Å². The van der Waals surface area contributed by atoms with Crippen LogP contribution in [0.4, 0.5) is 5.82 Å². The Labute approximate surface area is 126 Å². The molecule has 4 rings (SSSR count). The minimum Gasteiger partial charge on any atom is -0.508 e. The van der Waals surface area contributed by atoms with Gasteiger partial charge in [0.15, 0.2) is 0 Å². The average molecular weight is 288 g/mol. The molecule has 0 fully saturated rings. The lowest BCUT2D eigenvalue weighted by molar-refractivity contribution is 0.475. The van der Waals surface area contributed by atoms with Crippen molar-refractivity contribution < 1.29 is 5.11 Å². The Hall–Kier alpha value is -3.26. The molecule has 22 heavy (non-hydrogen) atoms. The molecule has 0 saturated heterocycles. The summed E-state index contributed by atoms with van der Waals surface area (Å²) in [7, 11) is 0. The molecule has 0 bridgehead atoms. The molecular weight excluding hydrogens is 276 g/mol. The lowest BCUT2D eigenvalue weighted by Crippen LogP contribution is -2.02. The highest BCUT2D eigenvalue weighted by Crippen LogP contribution is 2.43. The quantitative estimate of drug-likeness (QED) is 0.501. The second-order valence-corrected chi connectivity index (χ2v) is 5.29. The second-order valence-electron chi connectivity index (χ2n) is 5.29. The molecule has 0 unspecified atom stereocenters. The number of pyridine rings is 1. The summed E-state index contributed by atoms with van der Waals surface area (Å²) in [6, 6.07) is 11.2. The monoisotopic (exact) mass is 288 g/mol. The van der Waals surface area contributed by atoms with E-state index in [1.165, 1.54) is 0 Å². The van der Waals surface area contributed by atoms with Gasteiger partial charge < -0.3 is 15.8 Å². The fourth-order valence-corrected chi connectivity index (χ4v) is 3.08. The van der Waals surface area contributed by atoms with Crippen LogP contribution in [0.15, 0.2) is 36.5 Å². The normalized spacial score (nSPS) is 11.8. The van der Waals surface area contributed by atoms with Crippen molar-refractivity contribution in [1.29, 1.82) is 5.26 Å². The highest BCUT2D eigenvalue weighted by atomic mass is 16.3. The Kier molecular flexibility index (Phi) is 2.48. The lowest BCUT2D eigenvalue weighted by atomic mass is 9.98. The van der Waals surface area contributed by atoms with Crippen LogP contribution >= 0.6 is 0 Å². The van der Waals surface area contributed by atoms with Gasteiger partial charge in [-0.3, -0.25) is 0 Å². The zero-order chi connectivity index (χ0) is 15.3. The molecule has 5 nitrogen and oxygen atoms in total. The van der Waals surface area contributed by atoms with Gasteiger partial charge in [0, 0.05) is 29.4 Å². The van der Waals surface area contributed by atoms with Gasteiger partial charge in [-0.25, -0.2) is 4.98 Å². The minimum absolute atomic E-state index is 0.224. The van der Waals surface area contributed by atoms with Gasteiger partial charge in [0.1, 0.15) is 23.2 Å². The number of nitrogens with one attached hydrogen (secondary N) is 1. The molecule has 1 aromatic carbocycles. The van der Waals surface area contributed by atoms with Gasteiger partial charge in [-0.1, -0.05) is 0 Å². The zero-order valence-electron chi connectivity index (χ0n) is 11.6. The summed E-state index contributed by atoms with van der Waals surface area (Å²) in [6.45, 7) is 0. The maximum Gasteiger partial charge on any atom is 0.142 e. The number of H-pyrrole nitrogens is 1. The van der Waals surface area contributed by atoms with Crippen LogP contribution in [0.1, 0.15) is 16.7 Å². The fraction of sp³-hybridized carbons (Fsp3) is 0.0588. The van der Waals surface area contributed by atoms with Crippen LogP contribution in [0.3, 0.4) is 0 Å². The Morgan fingerprint density at radius 3 is 2.91 bits per heavy atom. The number of nitrogen functional groups attached to an aromatic ring is 1. The molecular formula is C17H12N4O. The van der Waals surface area contributed by atoms with E-state index >= 15 is 0 Å². The van der Waals surface area contributed by atoms with Gasteiger partial charge in [0.25, 0.3) is 0 Å². The third kappa shape index (κ3) is 1.61. The molecule has 0 amide bonds. The fourth-order valence-electron chi connectivity index (χ4n) is 3.08. The number of hydrogen-bond donors (Lipinski definition) is 3. The summed E-state index contributed by atoms with van der Waals surface area (Å²) in [6.07, 6.45) is 2.43. The number of benzene rings is 1. The number of aromatic nitrogens is 2. The molecule has 3 aromatic rings. The predicted octanol–water partition coefficient (Wildman–Crippen LogP) is 2.81. The van der Waals surface area contributed by atoms with E-state index in [1.807, 2.05) is 24.4 Å². The number of nitrogens with two attached hydrogens (primary N) is 1. The lowest BCUT2D eigenvalue weighted by Gasteiger charge is -2.11. The Morgan fingerprint density at radius 1 is 1.32 bits per heavy atom. The van der Waals surface area contributed by atoms with Crippen LogP contribution in [0.25, 0.3) is 22.5 Å². The summed E-state index contributed by atoms with van der Waals surface area (Å²) in [5.74, 6) is 0.452. The number of aromatic amines is 1. The number of hydrogen-bond acceptors (Lipinski definition) is 4. The highest BCUT2D eigenvalue weighted by molar-refractivity contribution is 5.87. The van der Waals surface area contributed by atoms with Gasteiger partial charge in [0.2, 0.25) is 0 Å². The zero-order valence-corrected chi connectivity index (χ0v) is 11.6. The minimum atomic E-state index is 0.224. The van der Waals surface area contributed by atoms with Crippen LogP contribution in [-0.4, -0.2) is 15.1 Å². The van der Waals surface area contributed by atoms with Crippen LogP contribution in [0.2, 0.25) is 0 Å². The number of anilines is 1. The van der Waals surface area contributed by atoms with Crippen molar-refractivity contribution in [1.82, 2.24) is 9.97 Å². The molecule has 0 radical (unpaired) electrons. The SMILES string of the molecule is N#Cc1c(N)nc2c(c1-c1ccc[nH]1)Cc1cc(O)ccc1-2. The standard InChI is InChI=1S/C17H12N4O/c18-8-13-15(14-2-1-5-20-14)12-7-9-6-10(22)3-4-11(9)16(12)21-17(13)19/h1-6,20,22H,7H2,(H2,19,21). The van der Waals surface area contributed by atoms with Crippen LogP contribution < -0.4 is 5.73 Å². The number of nitriles is 1. The molecule has 5 heteroatoms. The van der Waals surface area contributed by atoms with Crippen molar-refractivity contribution >= 4 is 5.82 Å².